The van der Waals surface area contributed by atoms with Crippen LogP contribution in [0.15, 0.2) is 18.2 Å². The van der Waals surface area contributed by atoms with Crippen molar-refractivity contribution in [3.63, 3.8) is 0 Å². The van der Waals surface area contributed by atoms with Crippen LogP contribution in [-0.4, -0.2) is 74.1 Å². The van der Waals surface area contributed by atoms with E-state index in [1.165, 1.54) is 29.0 Å². The molecule has 6 nitrogen and oxygen atoms in total. The lowest BCUT2D eigenvalue weighted by molar-refractivity contribution is -0.137. The summed E-state index contributed by atoms with van der Waals surface area (Å²) in [5.41, 5.74) is -0.488. The highest BCUT2D eigenvalue weighted by Crippen LogP contribution is 2.37. The predicted octanol–water partition coefficient (Wildman–Crippen LogP) is 3.21. The number of amides is 4. The van der Waals surface area contributed by atoms with Gasteiger partial charge >= 0.3 is 18.2 Å². The minimum absolute atomic E-state index is 0.299. The maximum atomic E-state index is 13.0. The second-order valence-corrected chi connectivity index (χ2v) is 6.56. The van der Waals surface area contributed by atoms with Crippen LogP contribution in [0.25, 0.3) is 0 Å². The number of benzene rings is 1. The van der Waals surface area contributed by atoms with Crippen molar-refractivity contribution >= 4 is 29.4 Å². The van der Waals surface area contributed by atoms with Gasteiger partial charge in [-0.05, 0) is 18.2 Å². The monoisotopic (exact) mass is 392 g/mol. The maximum absolute atomic E-state index is 13.0. The molecule has 0 unspecified atom stereocenters. The molecule has 1 saturated heterocycles. The van der Waals surface area contributed by atoms with E-state index < -0.39 is 23.8 Å². The first kappa shape index (κ1) is 20.2. The molecule has 1 heterocycles. The lowest BCUT2D eigenvalue weighted by Gasteiger charge is -2.37. The van der Waals surface area contributed by atoms with Gasteiger partial charge in [0, 0.05) is 53.0 Å². The van der Waals surface area contributed by atoms with E-state index in [1.54, 1.807) is 19.0 Å². The van der Waals surface area contributed by atoms with Crippen molar-refractivity contribution < 1.29 is 22.8 Å². The molecule has 0 saturated carbocycles. The van der Waals surface area contributed by atoms with Crippen molar-refractivity contribution in [2.75, 3.05) is 52.2 Å². The second-order valence-electron chi connectivity index (χ2n) is 6.15. The van der Waals surface area contributed by atoms with Crippen LogP contribution in [0.5, 0.6) is 0 Å². The summed E-state index contributed by atoms with van der Waals surface area (Å²) in [6.07, 6.45) is -4.53. The number of alkyl halides is 3. The number of carbonyl (C=O) groups is 2. The largest absolute Gasteiger partial charge is 0.417 e. The Morgan fingerprint density at radius 2 is 1.65 bits per heavy atom. The number of carbonyl (C=O) groups excluding carboxylic acids is 2. The number of halogens is 4. The van der Waals surface area contributed by atoms with E-state index in [4.69, 9.17) is 11.6 Å². The Morgan fingerprint density at radius 1 is 1.08 bits per heavy atom. The highest BCUT2D eigenvalue weighted by atomic mass is 35.5. The summed E-state index contributed by atoms with van der Waals surface area (Å²) < 4.78 is 39.0. The van der Waals surface area contributed by atoms with Crippen LogP contribution < -0.4 is 4.90 Å². The van der Waals surface area contributed by atoms with Crippen molar-refractivity contribution in [3.8, 4) is 0 Å². The number of nitrogens with zero attached hydrogens (tertiary/aromatic N) is 4. The van der Waals surface area contributed by atoms with Gasteiger partial charge < -0.3 is 14.7 Å². The number of urea groups is 2. The third kappa shape index (κ3) is 4.32. The SMILES string of the molecule is CN(C)C(=O)N(C)C(=O)N1CCN(c2ccc(Cl)c(C(F)(F)F)c2)CC1. The topological polar surface area (TPSA) is 47.1 Å². The number of anilines is 1. The molecule has 144 valence electrons. The normalized spacial score (nSPS) is 15.0. The van der Waals surface area contributed by atoms with Gasteiger partial charge in [0.25, 0.3) is 0 Å². The lowest BCUT2D eigenvalue weighted by atomic mass is 10.1. The Balaban J connectivity index is 2.05. The fraction of sp³-hybridized carbons (Fsp3) is 0.500. The zero-order valence-electron chi connectivity index (χ0n) is 14.7. The van der Waals surface area contributed by atoms with Gasteiger partial charge in [-0.3, -0.25) is 0 Å². The molecule has 1 aromatic carbocycles. The van der Waals surface area contributed by atoms with Crippen LogP contribution in [0.3, 0.4) is 0 Å². The smallest absolute Gasteiger partial charge is 0.368 e. The van der Waals surface area contributed by atoms with Crippen LogP contribution >= 0.6 is 11.6 Å². The van der Waals surface area contributed by atoms with Crippen LogP contribution in [0.1, 0.15) is 5.56 Å². The zero-order chi connectivity index (χ0) is 19.6. The molecule has 1 aliphatic rings. The van der Waals surface area contributed by atoms with E-state index in [1.807, 2.05) is 0 Å². The highest BCUT2D eigenvalue weighted by Gasteiger charge is 2.34. The summed E-state index contributed by atoms with van der Waals surface area (Å²) in [5.74, 6) is 0. The van der Waals surface area contributed by atoms with E-state index in [0.29, 0.717) is 31.9 Å². The molecule has 0 aromatic heterocycles. The minimum atomic E-state index is -4.53. The molecular formula is C16H20ClF3N4O2. The molecule has 0 bridgehead atoms. The van der Waals surface area contributed by atoms with E-state index in [-0.39, 0.29) is 5.02 Å². The molecule has 0 spiro atoms. The molecule has 1 fully saturated rings. The fourth-order valence-electron chi connectivity index (χ4n) is 2.68. The Hall–Kier alpha value is -2.16. The van der Waals surface area contributed by atoms with E-state index in [2.05, 4.69) is 0 Å². The summed E-state index contributed by atoms with van der Waals surface area (Å²) in [6, 6.07) is 2.89. The quantitative estimate of drug-likeness (QED) is 0.737. The maximum Gasteiger partial charge on any atom is 0.417 e. The third-order valence-corrected chi connectivity index (χ3v) is 4.46. The number of rotatable bonds is 1. The Morgan fingerprint density at radius 3 is 2.15 bits per heavy atom. The summed E-state index contributed by atoms with van der Waals surface area (Å²) in [6.45, 7) is 1.31. The summed E-state index contributed by atoms with van der Waals surface area (Å²) in [4.78, 5) is 29.7. The Bertz CT molecular complexity index is 689. The minimum Gasteiger partial charge on any atom is -0.368 e. The van der Waals surface area contributed by atoms with Gasteiger partial charge in [-0.2, -0.15) is 13.2 Å². The van der Waals surface area contributed by atoms with Crippen molar-refractivity contribution in [1.82, 2.24) is 14.7 Å². The van der Waals surface area contributed by atoms with Crippen LogP contribution in [-0.2, 0) is 6.18 Å². The molecule has 1 aromatic rings. The second kappa shape index (κ2) is 7.61. The predicted molar refractivity (Wildman–Crippen MR) is 92.5 cm³/mol. The van der Waals surface area contributed by atoms with Crippen molar-refractivity contribution in [2.45, 2.75) is 6.18 Å². The Kier molecular flexibility index (Phi) is 5.90. The molecule has 0 aliphatic carbocycles. The zero-order valence-corrected chi connectivity index (χ0v) is 15.4. The van der Waals surface area contributed by atoms with Gasteiger partial charge in [-0.15, -0.1) is 0 Å². The molecule has 0 radical (unpaired) electrons. The third-order valence-electron chi connectivity index (χ3n) is 4.13. The van der Waals surface area contributed by atoms with Gasteiger partial charge in [0.2, 0.25) is 0 Å². The van der Waals surface area contributed by atoms with E-state index >= 15 is 0 Å². The van der Waals surface area contributed by atoms with Crippen LogP contribution in [0.4, 0.5) is 28.4 Å². The molecule has 0 N–H and O–H groups in total. The van der Waals surface area contributed by atoms with Gasteiger partial charge in [-0.1, -0.05) is 11.6 Å². The highest BCUT2D eigenvalue weighted by molar-refractivity contribution is 6.31. The molecule has 1 aliphatic heterocycles. The van der Waals surface area contributed by atoms with Gasteiger partial charge in [-0.25, -0.2) is 14.5 Å². The van der Waals surface area contributed by atoms with Gasteiger partial charge in [0.05, 0.1) is 10.6 Å². The molecule has 26 heavy (non-hydrogen) atoms. The fourth-order valence-corrected chi connectivity index (χ4v) is 2.90. The summed E-state index contributed by atoms with van der Waals surface area (Å²) in [5, 5.41) is -0.348. The molecule has 0 atom stereocenters. The van der Waals surface area contributed by atoms with Crippen molar-refractivity contribution in [1.29, 1.82) is 0 Å². The van der Waals surface area contributed by atoms with Crippen molar-refractivity contribution in [2.24, 2.45) is 0 Å². The number of imide groups is 1. The Labute approximate surface area is 154 Å². The summed E-state index contributed by atoms with van der Waals surface area (Å²) in [7, 11) is 4.48. The summed E-state index contributed by atoms with van der Waals surface area (Å²) >= 11 is 5.64. The average Bonchev–Trinajstić information content (AvgIpc) is 2.59. The van der Waals surface area contributed by atoms with E-state index in [0.717, 1.165) is 11.0 Å². The first-order valence-electron chi connectivity index (χ1n) is 7.88. The first-order chi connectivity index (χ1) is 12.0. The average molecular weight is 393 g/mol. The molecular weight excluding hydrogens is 373 g/mol. The van der Waals surface area contributed by atoms with Crippen LogP contribution in [0.2, 0.25) is 5.02 Å². The molecule has 10 heteroatoms. The number of hydrogen-bond donors (Lipinski definition) is 0. The lowest BCUT2D eigenvalue weighted by Crippen LogP contribution is -2.54. The molecule has 2 rings (SSSR count). The first-order valence-corrected chi connectivity index (χ1v) is 8.25. The van der Waals surface area contributed by atoms with Gasteiger partial charge in [0.15, 0.2) is 0 Å². The number of hydrogen-bond acceptors (Lipinski definition) is 3. The van der Waals surface area contributed by atoms with Crippen LogP contribution in [0, 0.1) is 0 Å². The van der Waals surface area contributed by atoms with Crippen molar-refractivity contribution in [3.05, 3.63) is 28.8 Å². The van der Waals surface area contributed by atoms with E-state index in [9.17, 15) is 22.8 Å². The van der Waals surface area contributed by atoms with Gasteiger partial charge in [0.1, 0.15) is 0 Å². The molecule has 4 amide bonds. The standard InChI is InChI=1S/C16H20ClF3N4O2/c1-21(2)14(25)22(3)15(26)24-8-6-23(7-9-24)11-4-5-13(17)12(10-11)16(18,19)20/h4-5,10H,6-9H2,1-3H3. The number of piperazine rings is 1.